The molecule has 0 unspecified atom stereocenters. The quantitative estimate of drug-likeness (QED) is 0.351. The molecule has 0 amide bonds. The van der Waals surface area contributed by atoms with Crippen molar-refractivity contribution in [3.05, 3.63) is 165 Å². The average molecular weight is 411 g/mol. The van der Waals surface area contributed by atoms with E-state index in [0.717, 1.165) is 0 Å². The lowest BCUT2D eigenvalue weighted by Crippen LogP contribution is -2.14. The van der Waals surface area contributed by atoms with Crippen molar-refractivity contribution < 1.29 is 0 Å². The van der Waals surface area contributed by atoms with E-state index in [1.165, 1.54) is 55.6 Å². The van der Waals surface area contributed by atoms with Crippen molar-refractivity contribution in [2.75, 3.05) is 0 Å². The number of hydrogen-bond acceptors (Lipinski definition) is 0. The molecule has 0 saturated carbocycles. The first-order chi connectivity index (χ1) is 15.4. The Kier molecular flexibility index (Phi) is 4.55. The lowest BCUT2D eigenvalue weighted by atomic mass is 9.93. The molecular weight excluding hydrogens is 388 g/mol. The van der Waals surface area contributed by atoms with E-state index in [1.807, 2.05) is 0 Å². The fourth-order valence-corrected chi connectivity index (χ4v) is 7.14. The van der Waals surface area contributed by atoms with Crippen LogP contribution in [0.25, 0.3) is 12.2 Å². The predicted molar refractivity (Wildman–Crippen MR) is 133 cm³/mol. The van der Waals surface area contributed by atoms with E-state index in [-0.39, 0.29) is 0 Å². The number of benzene rings is 4. The van der Waals surface area contributed by atoms with Crippen LogP contribution in [0.2, 0.25) is 0 Å². The molecule has 0 aromatic heterocycles. The third-order valence-corrected chi connectivity index (χ3v) is 8.14. The highest BCUT2D eigenvalue weighted by molar-refractivity contribution is 6.59. The molecular formula is C30H22Si. The van der Waals surface area contributed by atoms with Crippen LogP contribution < -0.4 is 0 Å². The summed E-state index contributed by atoms with van der Waals surface area (Å²) in [6.45, 7) is 0. The summed E-state index contributed by atoms with van der Waals surface area (Å²) < 4.78 is 0. The lowest BCUT2D eigenvalue weighted by molar-refractivity contribution is 1.28. The molecule has 0 aliphatic heterocycles. The molecule has 0 nitrogen and oxygen atoms in total. The van der Waals surface area contributed by atoms with Crippen LogP contribution in [0.4, 0.5) is 0 Å². The van der Waals surface area contributed by atoms with Crippen LogP contribution >= 0.6 is 0 Å². The zero-order valence-corrected chi connectivity index (χ0v) is 18.7. The third-order valence-electron chi connectivity index (χ3n) is 6.27. The molecule has 0 fully saturated rings. The Morgan fingerprint density at radius 2 is 0.774 bits per heavy atom. The van der Waals surface area contributed by atoms with Crippen LogP contribution in [0.1, 0.15) is 33.4 Å². The Hall–Kier alpha value is -3.42. The maximum absolute atomic E-state index is 2.44. The highest BCUT2D eigenvalue weighted by Crippen LogP contribution is 2.44. The highest BCUT2D eigenvalue weighted by Gasteiger charge is 2.32. The van der Waals surface area contributed by atoms with E-state index in [1.54, 1.807) is 0 Å². The van der Waals surface area contributed by atoms with Crippen LogP contribution in [0.15, 0.2) is 120 Å². The van der Waals surface area contributed by atoms with Gasteiger partial charge < -0.3 is 0 Å². The summed E-state index contributed by atoms with van der Waals surface area (Å²) in [6.07, 6.45) is 4.88. The Bertz CT molecular complexity index is 1200. The molecule has 146 valence electrons. The molecule has 6 rings (SSSR count). The molecule has 2 aliphatic carbocycles. The Labute approximate surface area is 186 Å². The number of allylic oxidation sites excluding steroid dienone is 2. The molecule has 0 spiro atoms. The standard InChI is InChI=1S/C30H22Si/c1-3-11-21(12-4-1)29-25-17-9-7-15-23(25)19-27(29)31-28-20-24-16-8-10-18-26(24)30(28)22-13-5-2-6-14-22/h1-20H,31H2. The van der Waals surface area contributed by atoms with Gasteiger partial charge in [-0.3, -0.25) is 0 Å². The number of rotatable bonds is 4. The van der Waals surface area contributed by atoms with Crippen LogP contribution in [0, 0.1) is 11.8 Å². The van der Waals surface area contributed by atoms with E-state index in [9.17, 15) is 0 Å². The van der Waals surface area contributed by atoms with Crippen molar-refractivity contribution >= 4 is 21.7 Å². The molecule has 0 atom stereocenters. The van der Waals surface area contributed by atoms with Gasteiger partial charge in [0.1, 0.15) is 0 Å². The van der Waals surface area contributed by atoms with Gasteiger partial charge in [0.05, 0.1) is 21.4 Å². The first kappa shape index (κ1) is 18.4. The summed E-state index contributed by atoms with van der Waals surface area (Å²) in [7, 11) is -0.698. The van der Waals surface area contributed by atoms with Crippen molar-refractivity contribution in [1.29, 1.82) is 0 Å². The van der Waals surface area contributed by atoms with Gasteiger partial charge in [0.2, 0.25) is 0 Å². The summed E-state index contributed by atoms with van der Waals surface area (Å²) in [6, 6.07) is 39.4. The van der Waals surface area contributed by atoms with Crippen LogP contribution in [0.3, 0.4) is 0 Å². The van der Waals surface area contributed by atoms with Crippen molar-refractivity contribution in [1.82, 2.24) is 0 Å². The van der Waals surface area contributed by atoms with Gasteiger partial charge in [-0.1, -0.05) is 132 Å². The number of fused-ring (bicyclic) bond motifs is 2. The van der Waals surface area contributed by atoms with E-state index >= 15 is 0 Å². The smallest absolute Gasteiger partial charge is 0.0663 e. The van der Waals surface area contributed by atoms with E-state index in [4.69, 9.17) is 0 Å². The van der Waals surface area contributed by atoms with Gasteiger partial charge in [-0.25, -0.2) is 0 Å². The molecule has 31 heavy (non-hydrogen) atoms. The van der Waals surface area contributed by atoms with Gasteiger partial charge in [-0.2, -0.15) is 0 Å². The first-order valence-corrected chi connectivity index (χ1v) is 12.3. The molecule has 0 saturated heterocycles. The van der Waals surface area contributed by atoms with E-state index in [2.05, 4.69) is 121 Å². The predicted octanol–water partition coefficient (Wildman–Crippen LogP) is 6.21. The van der Waals surface area contributed by atoms with Gasteiger partial charge in [0.25, 0.3) is 0 Å². The largest absolute Gasteiger partial charge is 0.0807 e. The van der Waals surface area contributed by atoms with E-state index in [0.29, 0.717) is 0 Å². The van der Waals surface area contributed by atoms with Gasteiger partial charge in [0.15, 0.2) is 0 Å². The molecule has 1 heteroatoms. The first-order valence-electron chi connectivity index (χ1n) is 10.8. The number of hydrogen-bond donors (Lipinski definition) is 0. The summed E-state index contributed by atoms with van der Waals surface area (Å²) in [4.78, 5) is 0. The monoisotopic (exact) mass is 410 g/mol. The van der Waals surface area contributed by atoms with Gasteiger partial charge >= 0.3 is 0 Å². The van der Waals surface area contributed by atoms with Gasteiger partial charge in [0, 0.05) is 0 Å². The maximum atomic E-state index is 2.44. The molecule has 4 aromatic carbocycles. The molecule has 0 heterocycles. The highest BCUT2D eigenvalue weighted by atomic mass is 28.2. The Morgan fingerprint density at radius 1 is 0.387 bits per heavy atom. The second kappa shape index (κ2) is 7.68. The zero-order valence-electron chi connectivity index (χ0n) is 17.3. The van der Waals surface area contributed by atoms with Gasteiger partial charge in [-0.05, 0) is 33.4 Å². The fourth-order valence-electron chi connectivity index (χ4n) is 4.94. The average Bonchev–Trinajstić information content (AvgIpc) is 3.38. The van der Waals surface area contributed by atoms with Crippen LogP contribution in [-0.2, 0) is 0 Å². The molecule has 2 aliphatic rings. The van der Waals surface area contributed by atoms with Crippen LogP contribution in [-0.4, -0.2) is 9.52 Å². The zero-order chi connectivity index (χ0) is 20.6. The maximum Gasteiger partial charge on any atom is 0.0807 e. The third kappa shape index (κ3) is 3.22. The molecule has 0 N–H and O–H groups in total. The van der Waals surface area contributed by atoms with Crippen LogP contribution in [0.5, 0.6) is 0 Å². The second-order valence-corrected chi connectivity index (χ2v) is 10.0. The van der Waals surface area contributed by atoms with Crippen molar-refractivity contribution in [3.8, 4) is 0 Å². The summed E-state index contributed by atoms with van der Waals surface area (Å²) in [5.41, 5.74) is 8.08. The Balaban J connectivity index is 1.43. The van der Waals surface area contributed by atoms with Crippen molar-refractivity contribution in [2.45, 2.75) is 0 Å². The topological polar surface area (TPSA) is 0 Å². The Morgan fingerprint density at radius 3 is 1.23 bits per heavy atom. The molecule has 2 radical (unpaired) electrons. The minimum absolute atomic E-state index is 0.698. The normalized spacial score (nSPS) is 15.4. The fraction of sp³-hybridized carbons (Fsp3) is 0. The molecule has 4 aromatic rings. The summed E-state index contributed by atoms with van der Waals surface area (Å²) in [5.74, 6) is 2.85. The van der Waals surface area contributed by atoms with Gasteiger partial charge in [-0.15, -0.1) is 0 Å². The SMILES string of the molecule is C1=C([SiH2]C2=Cc3ccccc3[C]2c2ccccc2)[C](c2ccccc2)c2ccccc21. The van der Waals surface area contributed by atoms with Crippen molar-refractivity contribution in [2.24, 2.45) is 0 Å². The van der Waals surface area contributed by atoms with E-state index < -0.39 is 9.52 Å². The molecule has 0 bridgehead atoms. The summed E-state index contributed by atoms with van der Waals surface area (Å²) >= 11 is 0. The summed E-state index contributed by atoms with van der Waals surface area (Å²) in [5, 5.41) is 3.06. The second-order valence-electron chi connectivity index (χ2n) is 8.17. The minimum atomic E-state index is -0.698. The minimum Gasteiger partial charge on any atom is -0.0663 e. The van der Waals surface area contributed by atoms with Crippen molar-refractivity contribution in [3.63, 3.8) is 0 Å². The lowest BCUT2D eigenvalue weighted by Gasteiger charge is -2.21.